The summed E-state index contributed by atoms with van der Waals surface area (Å²) >= 11 is 0. The first-order valence-electron chi connectivity index (χ1n) is 25.0. The Bertz CT molecular complexity index is 961. The monoisotopic (exact) mass is 816 g/mol. The van der Waals surface area contributed by atoms with Gasteiger partial charge in [-0.25, -0.2) is 0 Å². The van der Waals surface area contributed by atoms with Crippen LogP contribution in [0.3, 0.4) is 0 Å². The Labute approximate surface area is 359 Å². The van der Waals surface area contributed by atoms with Crippen LogP contribution in [0.25, 0.3) is 0 Å². The molecule has 4 atom stereocenters. The van der Waals surface area contributed by atoms with Crippen LogP contribution >= 0.6 is 0 Å². The van der Waals surface area contributed by atoms with Gasteiger partial charge in [0.2, 0.25) is 5.91 Å². The van der Waals surface area contributed by atoms with Gasteiger partial charge in [0.05, 0.1) is 18.8 Å². The lowest BCUT2D eigenvalue weighted by atomic mass is 10.00. The van der Waals surface area contributed by atoms with E-state index >= 15 is 0 Å². The Kier molecular flexibility index (Phi) is 45.0. The molecule has 340 valence electrons. The average Bonchev–Trinajstić information content (AvgIpc) is 3.23. The minimum absolute atomic E-state index is 0.357. The summed E-state index contributed by atoms with van der Waals surface area (Å²) in [5.41, 5.74) is 0. The van der Waals surface area contributed by atoms with Crippen molar-refractivity contribution in [1.29, 1.82) is 0 Å². The Hall–Kier alpha value is -1.73. The lowest BCUT2D eigenvalue weighted by Gasteiger charge is -2.27. The molecule has 0 aromatic heterocycles. The van der Waals surface area contributed by atoms with Gasteiger partial charge in [-0.3, -0.25) is 4.79 Å². The molecule has 0 saturated heterocycles. The first kappa shape index (κ1) is 56.3. The molecule has 1 amide bonds. The van der Waals surface area contributed by atoms with E-state index in [9.17, 15) is 25.2 Å². The van der Waals surface area contributed by atoms with Crippen molar-refractivity contribution in [1.82, 2.24) is 5.32 Å². The van der Waals surface area contributed by atoms with Gasteiger partial charge in [0, 0.05) is 0 Å². The highest BCUT2D eigenvalue weighted by atomic mass is 16.3. The number of aliphatic hydroxyl groups is 4. The smallest absolute Gasteiger partial charge is 0.249 e. The van der Waals surface area contributed by atoms with Gasteiger partial charge in [0.1, 0.15) is 12.2 Å². The summed E-state index contributed by atoms with van der Waals surface area (Å²) in [6.07, 6.45) is 57.3. The van der Waals surface area contributed by atoms with E-state index in [0.717, 1.165) is 44.9 Å². The van der Waals surface area contributed by atoms with Crippen LogP contribution < -0.4 is 5.32 Å². The van der Waals surface area contributed by atoms with Crippen LogP contribution in [0.4, 0.5) is 0 Å². The average molecular weight is 816 g/mol. The van der Waals surface area contributed by atoms with E-state index in [4.69, 9.17) is 0 Å². The zero-order chi connectivity index (χ0) is 42.4. The molecule has 6 nitrogen and oxygen atoms in total. The van der Waals surface area contributed by atoms with Gasteiger partial charge in [0.15, 0.2) is 0 Å². The number of hydrogen-bond donors (Lipinski definition) is 5. The maximum absolute atomic E-state index is 12.5. The van der Waals surface area contributed by atoms with Crippen LogP contribution in [0.15, 0.2) is 48.6 Å². The van der Waals surface area contributed by atoms with Crippen molar-refractivity contribution in [2.75, 3.05) is 6.61 Å². The lowest BCUT2D eigenvalue weighted by Crippen LogP contribution is -2.53. The minimum atomic E-state index is -1.29. The molecule has 0 aliphatic carbocycles. The normalized spacial score (nSPS) is 14.4. The predicted octanol–water partition coefficient (Wildman–Crippen LogP) is 13.9. The fourth-order valence-electron chi connectivity index (χ4n) is 7.51. The van der Waals surface area contributed by atoms with E-state index in [1.807, 2.05) is 0 Å². The summed E-state index contributed by atoms with van der Waals surface area (Å²) in [5, 5.41) is 43.7. The summed E-state index contributed by atoms with van der Waals surface area (Å²) < 4.78 is 0. The van der Waals surface area contributed by atoms with Crippen LogP contribution in [-0.2, 0) is 4.79 Å². The molecule has 0 heterocycles. The van der Waals surface area contributed by atoms with Crippen molar-refractivity contribution < 1.29 is 25.2 Å². The standard InChI is InChI=1S/C52H97NO5/c1-3-5-7-9-11-13-15-17-19-20-21-22-23-24-25-26-27-28-29-30-31-32-34-36-38-40-42-44-46-50(56)52(58)53-48(47-54)51(57)49(55)45-43-41-39-37-35-33-18-16-14-12-10-8-6-4-2/h16,18,21-22,24-25,37,39,48-51,54-57H,3-15,17,19-20,23,26-36,38,40-47H2,1-2H3,(H,53,58)/b18-16+,22-21-,25-24-,39-37+. The second-order valence-electron chi connectivity index (χ2n) is 17.1. The molecule has 0 radical (unpaired) electrons. The third-order valence-corrected chi connectivity index (χ3v) is 11.5. The van der Waals surface area contributed by atoms with Gasteiger partial charge in [-0.1, -0.05) is 210 Å². The van der Waals surface area contributed by atoms with Crippen molar-refractivity contribution in [3.63, 3.8) is 0 Å². The number of carbonyl (C=O) groups excluding carboxylic acids is 1. The number of aliphatic hydroxyl groups excluding tert-OH is 4. The van der Waals surface area contributed by atoms with Gasteiger partial charge in [0.25, 0.3) is 0 Å². The second-order valence-corrected chi connectivity index (χ2v) is 17.1. The molecule has 0 aliphatic rings. The number of hydrogen-bond acceptors (Lipinski definition) is 5. The first-order valence-corrected chi connectivity index (χ1v) is 25.0. The highest BCUT2D eigenvalue weighted by Gasteiger charge is 2.28. The maximum atomic E-state index is 12.5. The van der Waals surface area contributed by atoms with Crippen molar-refractivity contribution >= 4 is 5.91 Å². The van der Waals surface area contributed by atoms with E-state index in [2.05, 4.69) is 67.8 Å². The Morgan fingerprint density at radius 2 is 0.776 bits per heavy atom. The topological polar surface area (TPSA) is 110 Å². The molecule has 0 bridgehead atoms. The summed E-state index contributed by atoms with van der Waals surface area (Å²) in [6.45, 7) is 4.02. The van der Waals surface area contributed by atoms with E-state index in [1.165, 1.54) is 167 Å². The number of nitrogens with one attached hydrogen (secondary N) is 1. The number of allylic oxidation sites excluding steroid dienone is 8. The molecule has 5 N–H and O–H groups in total. The Morgan fingerprint density at radius 3 is 1.19 bits per heavy atom. The third-order valence-electron chi connectivity index (χ3n) is 11.5. The van der Waals surface area contributed by atoms with E-state index in [0.29, 0.717) is 19.3 Å². The molecule has 0 saturated carbocycles. The molecule has 6 heteroatoms. The number of carbonyl (C=O) groups is 1. The summed E-state index contributed by atoms with van der Waals surface area (Å²) in [4.78, 5) is 12.5. The molecule has 0 fully saturated rings. The molecule has 4 unspecified atom stereocenters. The molecule has 0 aromatic carbocycles. The maximum Gasteiger partial charge on any atom is 0.249 e. The fourth-order valence-corrected chi connectivity index (χ4v) is 7.51. The lowest BCUT2D eigenvalue weighted by molar-refractivity contribution is -0.132. The van der Waals surface area contributed by atoms with Gasteiger partial charge in [-0.05, 0) is 83.5 Å². The molecular weight excluding hydrogens is 719 g/mol. The van der Waals surface area contributed by atoms with Gasteiger partial charge >= 0.3 is 0 Å². The Morgan fingerprint density at radius 1 is 0.431 bits per heavy atom. The number of unbranched alkanes of at least 4 members (excludes halogenated alkanes) is 28. The fraction of sp³-hybridized carbons (Fsp3) is 0.827. The van der Waals surface area contributed by atoms with Crippen LogP contribution in [-0.4, -0.2) is 57.3 Å². The SMILES string of the molecule is CCCCCCC/C=C/CC/C=C/CCCC(O)C(O)C(CO)NC(=O)C(O)CCCCCCCCCCCCCC/C=C\C/C=C\CCCCCCCCCCC. The van der Waals surface area contributed by atoms with Crippen molar-refractivity contribution in [3.05, 3.63) is 48.6 Å². The van der Waals surface area contributed by atoms with Crippen LogP contribution in [0.2, 0.25) is 0 Å². The largest absolute Gasteiger partial charge is 0.394 e. The molecule has 0 rings (SSSR count). The van der Waals surface area contributed by atoms with Gasteiger partial charge < -0.3 is 25.7 Å². The zero-order valence-electron chi connectivity index (χ0n) is 38.3. The van der Waals surface area contributed by atoms with Crippen molar-refractivity contribution in [2.24, 2.45) is 0 Å². The molecule has 58 heavy (non-hydrogen) atoms. The van der Waals surface area contributed by atoms with E-state index < -0.39 is 36.9 Å². The highest BCUT2D eigenvalue weighted by Crippen LogP contribution is 2.16. The zero-order valence-corrected chi connectivity index (χ0v) is 38.3. The van der Waals surface area contributed by atoms with Crippen molar-refractivity contribution in [3.8, 4) is 0 Å². The van der Waals surface area contributed by atoms with Gasteiger partial charge in [-0.2, -0.15) is 0 Å². The number of amides is 1. The first-order chi connectivity index (χ1) is 28.5. The second kappa shape index (κ2) is 46.3. The molecular formula is C52H97NO5. The minimum Gasteiger partial charge on any atom is -0.394 e. The summed E-state index contributed by atoms with van der Waals surface area (Å²) in [6, 6.07) is -1.01. The summed E-state index contributed by atoms with van der Waals surface area (Å²) in [7, 11) is 0. The van der Waals surface area contributed by atoms with Crippen LogP contribution in [0.1, 0.15) is 245 Å². The van der Waals surface area contributed by atoms with Gasteiger partial charge in [-0.15, -0.1) is 0 Å². The quantitative estimate of drug-likeness (QED) is 0.0311. The molecule has 0 aromatic rings. The van der Waals surface area contributed by atoms with Crippen LogP contribution in [0.5, 0.6) is 0 Å². The summed E-state index contributed by atoms with van der Waals surface area (Å²) in [5.74, 6) is -0.599. The van der Waals surface area contributed by atoms with E-state index in [-0.39, 0.29) is 0 Å². The third kappa shape index (κ3) is 39.7. The van der Waals surface area contributed by atoms with Crippen LogP contribution in [0, 0.1) is 0 Å². The number of rotatable bonds is 45. The predicted molar refractivity (Wildman–Crippen MR) is 251 cm³/mol. The van der Waals surface area contributed by atoms with Crippen molar-refractivity contribution in [2.45, 2.75) is 269 Å². The van der Waals surface area contributed by atoms with E-state index in [1.54, 1.807) is 0 Å². The Balaban J connectivity index is 3.69. The highest BCUT2D eigenvalue weighted by molar-refractivity contribution is 5.80. The molecule has 0 spiro atoms. The molecule has 0 aliphatic heterocycles.